The number of likely N-dealkylation sites (tertiary alicyclic amines) is 1. The highest BCUT2D eigenvalue weighted by atomic mass is 32.2. The fourth-order valence-corrected chi connectivity index (χ4v) is 6.65. The number of hydrogen-bond acceptors (Lipinski definition) is 6. The van der Waals surface area contributed by atoms with E-state index in [2.05, 4.69) is 27.6 Å². The fourth-order valence-electron chi connectivity index (χ4n) is 5.42. The highest BCUT2D eigenvalue weighted by Gasteiger charge is 2.47. The summed E-state index contributed by atoms with van der Waals surface area (Å²) in [6.45, 7) is 3.45. The summed E-state index contributed by atoms with van der Waals surface area (Å²) in [4.78, 5) is 35.0. The third-order valence-electron chi connectivity index (χ3n) is 7.27. The van der Waals surface area contributed by atoms with Gasteiger partial charge in [0.15, 0.2) is 11.6 Å². The molecular formula is C28H28FN5O3S. The van der Waals surface area contributed by atoms with Crippen molar-refractivity contribution in [2.45, 2.75) is 42.1 Å². The van der Waals surface area contributed by atoms with E-state index in [0.29, 0.717) is 22.2 Å². The second kappa shape index (κ2) is 9.92. The molecule has 2 N–H and O–H groups in total. The minimum atomic E-state index is -0.545. The molecule has 3 amide bonds. The molecule has 0 saturated carbocycles. The van der Waals surface area contributed by atoms with Crippen LogP contribution in [0.25, 0.3) is 0 Å². The average Bonchev–Trinajstić information content (AvgIpc) is 3.28. The zero-order valence-corrected chi connectivity index (χ0v) is 21.9. The molecule has 0 bridgehead atoms. The molecule has 4 heterocycles. The van der Waals surface area contributed by atoms with Gasteiger partial charge in [-0.25, -0.2) is 14.2 Å². The lowest BCUT2D eigenvalue weighted by Crippen LogP contribution is -2.52. The molecule has 1 fully saturated rings. The van der Waals surface area contributed by atoms with Crippen LogP contribution in [0.5, 0.6) is 11.5 Å². The van der Waals surface area contributed by atoms with Gasteiger partial charge in [-0.2, -0.15) is 0 Å². The van der Waals surface area contributed by atoms with E-state index in [0.717, 1.165) is 31.5 Å². The van der Waals surface area contributed by atoms with Crippen molar-refractivity contribution in [1.82, 2.24) is 20.5 Å². The van der Waals surface area contributed by atoms with Crippen molar-refractivity contribution >= 4 is 35.1 Å². The van der Waals surface area contributed by atoms with Crippen LogP contribution in [0, 0.1) is 12.7 Å². The van der Waals surface area contributed by atoms with Crippen molar-refractivity contribution in [3.05, 3.63) is 71.7 Å². The van der Waals surface area contributed by atoms with Gasteiger partial charge in [-0.05, 0) is 63.7 Å². The highest BCUT2D eigenvalue weighted by molar-refractivity contribution is 8.01. The Morgan fingerprint density at radius 3 is 2.79 bits per heavy atom. The normalized spacial score (nSPS) is 22.6. The maximum atomic E-state index is 15.4. The van der Waals surface area contributed by atoms with Crippen molar-refractivity contribution in [2.24, 2.45) is 0 Å². The van der Waals surface area contributed by atoms with E-state index in [1.165, 1.54) is 22.7 Å². The minimum absolute atomic E-state index is 0.0772. The maximum absolute atomic E-state index is 15.4. The van der Waals surface area contributed by atoms with Crippen LogP contribution in [-0.4, -0.2) is 53.3 Å². The van der Waals surface area contributed by atoms with E-state index in [-0.39, 0.29) is 23.3 Å². The number of hydrogen-bond donors (Lipinski definition) is 2. The first kappa shape index (κ1) is 24.7. The van der Waals surface area contributed by atoms with Gasteiger partial charge in [0.25, 0.3) is 0 Å². The summed E-state index contributed by atoms with van der Waals surface area (Å²) in [5.74, 6) is -0.0580. The standard InChI is InChI=1S/C28H28FN5O3S/c1-16-19(10-11-21(23(16)29)37-18-8-4-3-5-9-18)34-20-12-13-30-27-22(20)24(32-28(34)36)25(38-27)26(35)31-17-7-6-14-33(2)15-17/h3-5,8-13,17,24-25H,6-7,14-15H2,1-2H3,(H,31,35)(H,32,36)/t17?,24?,25-/m1/s1. The molecule has 1 aromatic heterocycles. The summed E-state index contributed by atoms with van der Waals surface area (Å²) in [5, 5.41) is 6.34. The van der Waals surface area contributed by atoms with Gasteiger partial charge in [-0.1, -0.05) is 30.0 Å². The monoisotopic (exact) mass is 533 g/mol. The summed E-state index contributed by atoms with van der Waals surface area (Å²) in [6.07, 6.45) is 3.59. The van der Waals surface area contributed by atoms with Crippen molar-refractivity contribution in [1.29, 1.82) is 0 Å². The Balaban J connectivity index is 1.29. The molecule has 2 aromatic carbocycles. The van der Waals surface area contributed by atoms with E-state index in [1.54, 1.807) is 37.4 Å². The SMILES string of the molecule is Cc1c(N2C(=O)NC3c4c2ccnc4S[C@H]3C(=O)NC2CCCN(C)C2)ccc(Oc2ccccc2)c1F. The number of aromatic nitrogens is 1. The zero-order chi connectivity index (χ0) is 26.4. The van der Waals surface area contributed by atoms with Crippen molar-refractivity contribution in [3.63, 3.8) is 0 Å². The number of amides is 3. The van der Waals surface area contributed by atoms with Crippen molar-refractivity contribution in [3.8, 4) is 11.5 Å². The molecule has 3 aliphatic heterocycles. The number of halogens is 1. The van der Waals surface area contributed by atoms with E-state index in [4.69, 9.17) is 4.74 Å². The molecule has 196 valence electrons. The van der Waals surface area contributed by atoms with Gasteiger partial charge >= 0.3 is 6.03 Å². The predicted molar refractivity (Wildman–Crippen MR) is 144 cm³/mol. The van der Waals surface area contributed by atoms with Crippen LogP contribution in [0.2, 0.25) is 0 Å². The lowest BCUT2D eigenvalue weighted by atomic mass is 9.98. The molecule has 2 unspecified atom stereocenters. The average molecular weight is 534 g/mol. The number of anilines is 2. The Morgan fingerprint density at radius 1 is 1.18 bits per heavy atom. The molecule has 8 nitrogen and oxygen atoms in total. The lowest BCUT2D eigenvalue weighted by molar-refractivity contribution is -0.122. The summed E-state index contributed by atoms with van der Waals surface area (Å²) in [7, 11) is 2.05. The van der Waals surface area contributed by atoms with E-state index >= 15 is 4.39 Å². The van der Waals surface area contributed by atoms with Crippen LogP contribution in [0.4, 0.5) is 20.6 Å². The summed E-state index contributed by atoms with van der Waals surface area (Å²) in [5.41, 5.74) is 2.06. The van der Waals surface area contributed by atoms with E-state index in [1.807, 2.05) is 18.2 Å². The van der Waals surface area contributed by atoms with Gasteiger partial charge in [0.2, 0.25) is 5.91 Å². The molecule has 10 heteroatoms. The Hall–Kier alpha value is -3.63. The maximum Gasteiger partial charge on any atom is 0.327 e. The molecule has 0 radical (unpaired) electrons. The van der Waals surface area contributed by atoms with Crippen LogP contribution in [0.1, 0.15) is 30.0 Å². The zero-order valence-electron chi connectivity index (χ0n) is 21.1. The number of rotatable bonds is 5. The molecule has 3 aromatic rings. The highest BCUT2D eigenvalue weighted by Crippen LogP contribution is 2.51. The Bertz CT molecular complexity index is 1400. The van der Waals surface area contributed by atoms with Crippen LogP contribution in [0.3, 0.4) is 0 Å². The second-order valence-electron chi connectivity index (χ2n) is 9.90. The summed E-state index contributed by atoms with van der Waals surface area (Å²) in [6, 6.07) is 13.1. The van der Waals surface area contributed by atoms with Crippen LogP contribution in [-0.2, 0) is 4.79 Å². The summed E-state index contributed by atoms with van der Waals surface area (Å²) < 4.78 is 21.2. The van der Waals surface area contributed by atoms with E-state index < -0.39 is 23.1 Å². The van der Waals surface area contributed by atoms with Gasteiger partial charge in [0.05, 0.1) is 17.4 Å². The number of nitrogens with zero attached hydrogens (tertiary/aromatic N) is 3. The molecule has 1 saturated heterocycles. The van der Waals surface area contributed by atoms with Gasteiger partial charge in [0, 0.05) is 29.9 Å². The Morgan fingerprint density at radius 2 is 2.00 bits per heavy atom. The first-order chi connectivity index (χ1) is 18.4. The first-order valence-corrected chi connectivity index (χ1v) is 13.6. The largest absolute Gasteiger partial charge is 0.454 e. The number of nitrogens with one attached hydrogen (secondary N) is 2. The van der Waals surface area contributed by atoms with Crippen LogP contribution in [0.15, 0.2) is 59.8 Å². The number of carbonyl (C=O) groups excluding carboxylic acids is 2. The fraction of sp³-hybridized carbons (Fsp3) is 0.321. The van der Waals surface area contributed by atoms with Gasteiger partial charge < -0.3 is 20.3 Å². The third kappa shape index (κ3) is 4.37. The molecule has 3 atom stereocenters. The van der Waals surface area contributed by atoms with Crippen LogP contribution < -0.4 is 20.3 Å². The lowest BCUT2D eigenvalue weighted by Gasteiger charge is -2.35. The number of urea groups is 1. The van der Waals surface area contributed by atoms with Crippen molar-refractivity contribution < 1.29 is 18.7 Å². The summed E-state index contributed by atoms with van der Waals surface area (Å²) >= 11 is 1.36. The Kier molecular flexibility index (Phi) is 6.45. The minimum Gasteiger partial charge on any atom is -0.454 e. The molecule has 6 rings (SSSR count). The second-order valence-corrected chi connectivity index (χ2v) is 11.0. The quantitative estimate of drug-likeness (QED) is 0.485. The van der Waals surface area contributed by atoms with Crippen molar-refractivity contribution in [2.75, 3.05) is 25.0 Å². The number of para-hydroxylation sites is 1. The molecule has 38 heavy (non-hydrogen) atoms. The molecular weight excluding hydrogens is 505 g/mol. The number of ether oxygens (including phenoxy) is 1. The number of piperidine rings is 1. The topological polar surface area (TPSA) is 86.8 Å². The van der Waals surface area contributed by atoms with Gasteiger partial charge in [-0.3, -0.25) is 9.69 Å². The molecule has 0 aliphatic carbocycles. The smallest absolute Gasteiger partial charge is 0.327 e. The van der Waals surface area contributed by atoms with E-state index in [9.17, 15) is 9.59 Å². The number of pyridine rings is 1. The Labute approximate surface area is 224 Å². The van der Waals surface area contributed by atoms with Gasteiger partial charge in [-0.15, -0.1) is 0 Å². The van der Waals surface area contributed by atoms with Crippen LogP contribution >= 0.6 is 11.8 Å². The first-order valence-electron chi connectivity index (χ1n) is 12.7. The third-order valence-corrected chi connectivity index (χ3v) is 8.56. The van der Waals surface area contributed by atoms with Gasteiger partial charge in [0.1, 0.15) is 16.0 Å². The molecule has 3 aliphatic rings. The number of benzene rings is 2. The number of thioether (sulfide) groups is 1. The number of carbonyl (C=O) groups is 2. The predicted octanol–water partition coefficient (Wildman–Crippen LogP) is 4.91. The number of likely N-dealkylation sites (N-methyl/N-ethyl adjacent to an activating group) is 1. The molecule has 0 spiro atoms.